The molecule has 35 heavy (non-hydrogen) atoms. The number of hydrogen-bond donors (Lipinski definition) is 3. The van der Waals surface area contributed by atoms with Crippen molar-refractivity contribution in [2.45, 2.75) is 59.0 Å². The first-order valence-electron chi connectivity index (χ1n) is 11.5. The van der Waals surface area contributed by atoms with Crippen LogP contribution in [0.4, 0.5) is 0 Å². The van der Waals surface area contributed by atoms with Crippen molar-refractivity contribution in [3.8, 4) is 0 Å². The van der Waals surface area contributed by atoms with Crippen LogP contribution in [-0.4, -0.2) is 46.4 Å². The predicted molar refractivity (Wildman–Crippen MR) is 138 cm³/mol. The molecule has 192 valence electrons. The van der Waals surface area contributed by atoms with Crippen molar-refractivity contribution in [3.63, 3.8) is 0 Å². The summed E-state index contributed by atoms with van der Waals surface area (Å²) in [5.41, 5.74) is 1.48. The molecular formula is C28H38O7. The monoisotopic (exact) mass is 486 g/mol. The summed E-state index contributed by atoms with van der Waals surface area (Å²) in [6.45, 7) is 5.44. The summed E-state index contributed by atoms with van der Waals surface area (Å²) in [4.78, 5) is 32.4. The standard InChI is InChI=1S/C28H38O7/c1-21(15-18-24(19-26(29)30)20-27(31)32)13-11-9-7-5-6-8-10-12-14-25(35-4)22(2)16-17-23(3)28(33)34/h6,8-12,15-19,21,25H,5,7,13-14,20H2,1-4H3,(H,29,30)(H,31,32)(H,33,34)/b8-6?,11-9+,12-10?,18-15+,22-16?,23-17?,24-19?/t21-,25+/m0/s1. The minimum Gasteiger partial charge on any atom is -0.481 e. The number of allylic oxidation sites excluding steroid dienone is 9. The van der Waals surface area contributed by atoms with E-state index < -0.39 is 17.9 Å². The molecule has 0 bridgehead atoms. The Balaban J connectivity index is 4.41. The van der Waals surface area contributed by atoms with Crippen molar-refractivity contribution in [2.75, 3.05) is 7.11 Å². The lowest BCUT2D eigenvalue weighted by atomic mass is 10.0. The lowest BCUT2D eigenvalue weighted by Gasteiger charge is -2.13. The maximum atomic E-state index is 10.9. The Labute approximate surface area is 208 Å². The molecule has 0 aliphatic heterocycles. The minimum absolute atomic E-state index is 0.115. The van der Waals surface area contributed by atoms with Crippen LogP contribution in [0, 0.1) is 5.92 Å². The van der Waals surface area contributed by atoms with E-state index in [1.54, 1.807) is 32.3 Å². The first-order valence-corrected chi connectivity index (χ1v) is 11.5. The van der Waals surface area contributed by atoms with Crippen LogP contribution in [0.3, 0.4) is 0 Å². The molecule has 3 N–H and O–H groups in total. The molecule has 0 spiro atoms. The topological polar surface area (TPSA) is 121 Å². The van der Waals surface area contributed by atoms with Crippen LogP contribution in [0.15, 0.2) is 83.6 Å². The largest absolute Gasteiger partial charge is 0.481 e. The number of carboxylic acids is 3. The number of unbranched alkanes of at least 4 members (excludes halogenated alkanes) is 1. The normalized spacial score (nSPS) is 15.5. The minimum atomic E-state index is -1.16. The van der Waals surface area contributed by atoms with Gasteiger partial charge in [-0.1, -0.05) is 67.7 Å². The van der Waals surface area contributed by atoms with E-state index in [-0.39, 0.29) is 29.6 Å². The number of aliphatic carboxylic acids is 3. The Morgan fingerprint density at radius 3 is 2.14 bits per heavy atom. The van der Waals surface area contributed by atoms with Crippen LogP contribution in [-0.2, 0) is 19.1 Å². The first kappa shape index (κ1) is 31.6. The van der Waals surface area contributed by atoms with Gasteiger partial charge in [-0.2, -0.15) is 0 Å². The molecule has 0 aliphatic rings. The second-order valence-corrected chi connectivity index (χ2v) is 8.13. The van der Waals surface area contributed by atoms with Gasteiger partial charge in [0.2, 0.25) is 0 Å². The average Bonchev–Trinajstić information content (AvgIpc) is 2.78. The summed E-state index contributed by atoms with van der Waals surface area (Å²) in [5.74, 6) is -3.01. The maximum Gasteiger partial charge on any atom is 0.331 e. The summed E-state index contributed by atoms with van der Waals surface area (Å²) in [6.07, 6.45) is 22.6. The van der Waals surface area contributed by atoms with Gasteiger partial charge in [0.1, 0.15) is 0 Å². The molecule has 0 saturated carbocycles. The summed E-state index contributed by atoms with van der Waals surface area (Å²) in [5, 5.41) is 26.6. The number of carbonyl (C=O) groups is 3. The summed E-state index contributed by atoms with van der Waals surface area (Å²) < 4.78 is 5.47. The van der Waals surface area contributed by atoms with Gasteiger partial charge in [0, 0.05) is 18.8 Å². The Morgan fingerprint density at radius 2 is 1.54 bits per heavy atom. The molecular weight excluding hydrogens is 448 g/mol. The number of hydrogen-bond acceptors (Lipinski definition) is 4. The molecule has 0 aromatic carbocycles. The van der Waals surface area contributed by atoms with Crippen LogP contribution >= 0.6 is 0 Å². The molecule has 0 amide bonds. The highest BCUT2D eigenvalue weighted by atomic mass is 16.5. The van der Waals surface area contributed by atoms with Gasteiger partial charge in [0.15, 0.2) is 0 Å². The van der Waals surface area contributed by atoms with Gasteiger partial charge in [-0.25, -0.2) is 9.59 Å². The second-order valence-electron chi connectivity index (χ2n) is 8.13. The fraction of sp³-hybridized carbons (Fsp3) is 0.393. The average molecular weight is 487 g/mol. The van der Waals surface area contributed by atoms with Crippen molar-refractivity contribution >= 4 is 17.9 Å². The SMILES string of the molecule is CO[C@H](CC=CC=CCC/C=C/C[C@H](C)/C=C/C(=CC(=O)O)CC(=O)O)C(C)=CC=C(C)C(=O)O. The van der Waals surface area contributed by atoms with Crippen LogP contribution in [0.2, 0.25) is 0 Å². The van der Waals surface area contributed by atoms with Crippen molar-refractivity contribution in [1.29, 1.82) is 0 Å². The molecule has 7 nitrogen and oxygen atoms in total. The van der Waals surface area contributed by atoms with Crippen LogP contribution in [0.5, 0.6) is 0 Å². The van der Waals surface area contributed by atoms with E-state index in [1.807, 2.05) is 38.2 Å². The fourth-order valence-corrected chi connectivity index (χ4v) is 2.84. The Hall–Kier alpha value is -3.45. The van der Waals surface area contributed by atoms with Gasteiger partial charge in [-0.15, -0.1) is 0 Å². The van der Waals surface area contributed by atoms with E-state index in [0.29, 0.717) is 6.42 Å². The summed E-state index contributed by atoms with van der Waals surface area (Å²) in [7, 11) is 1.63. The van der Waals surface area contributed by atoms with E-state index in [0.717, 1.165) is 30.9 Å². The zero-order chi connectivity index (χ0) is 26.6. The highest BCUT2D eigenvalue weighted by Gasteiger charge is 2.07. The molecule has 2 atom stereocenters. The van der Waals surface area contributed by atoms with Crippen LogP contribution in [0.25, 0.3) is 0 Å². The molecule has 0 rings (SSSR count). The van der Waals surface area contributed by atoms with Crippen LogP contribution in [0.1, 0.15) is 52.9 Å². The smallest absolute Gasteiger partial charge is 0.331 e. The number of ether oxygens (including phenoxy) is 1. The van der Waals surface area contributed by atoms with E-state index in [4.69, 9.17) is 20.1 Å². The van der Waals surface area contributed by atoms with Crippen LogP contribution < -0.4 is 0 Å². The molecule has 0 aromatic rings. The third kappa shape index (κ3) is 17.7. The van der Waals surface area contributed by atoms with Crippen molar-refractivity contribution in [2.24, 2.45) is 5.92 Å². The third-order valence-electron chi connectivity index (χ3n) is 4.94. The van der Waals surface area contributed by atoms with E-state index in [2.05, 4.69) is 18.2 Å². The zero-order valence-electron chi connectivity index (χ0n) is 21.0. The fourth-order valence-electron chi connectivity index (χ4n) is 2.84. The Bertz CT molecular complexity index is 898. The molecule has 0 saturated heterocycles. The van der Waals surface area contributed by atoms with Gasteiger partial charge in [-0.05, 0) is 56.6 Å². The number of methoxy groups -OCH3 is 1. The van der Waals surface area contributed by atoms with Gasteiger partial charge in [0.05, 0.1) is 12.5 Å². The van der Waals surface area contributed by atoms with E-state index in [1.165, 1.54) is 0 Å². The maximum absolute atomic E-state index is 10.9. The van der Waals surface area contributed by atoms with Gasteiger partial charge in [0.25, 0.3) is 0 Å². The van der Waals surface area contributed by atoms with Gasteiger partial charge < -0.3 is 20.1 Å². The number of carboxylic acid groups (broad SMARTS) is 3. The molecule has 0 heterocycles. The zero-order valence-corrected chi connectivity index (χ0v) is 21.0. The Kier molecular flexibility index (Phi) is 17.1. The summed E-state index contributed by atoms with van der Waals surface area (Å²) >= 11 is 0. The first-order chi connectivity index (χ1) is 16.6. The Morgan fingerprint density at radius 1 is 0.886 bits per heavy atom. The second kappa shape index (κ2) is 18.9. The predicted octanol–water partition coefficient (Wildman–Crippen LogP) is 5.89. The summed E-state index contributed by atoms with van der Waals surface area (Å²) in [6, 6.07) is 0. The molecule has 0 unspecified atom stereocenters. The van der Waals surface area contributed by atoms with Crippen molar-refractivity contribution < 1.29 is 34.4 Å². The van der Waals surface area contributed by atoms with Crippen molar-refractivity contribution in [1.82, 2.24) is 0 Å². The highest BCUT2D eigenvalue weighted by Crippen LogP contribution is 2.12. The molecule has 0 radical (unpaired) electrons. The van der Waals surface area contributed by atoms with E-state index >= 15 is 0 Å². The number of rotatable bonds is 17. The lowest BCUT2D eigenvalue weighted by molar-refractivity contribution is -0.136. The lowest BCUT2D eigenvalue weighted by Crippen LogP contribution is -2.10. The molecule has 0 fully saturated rings. The van der Waals surface area contributed by atoms with Gasteiger partial charge in [-0.3, -0.25) is 4.79 Å². The third-order valence-corrected chi connectivity index (χ3v) is 4.94. The quantitative estimate of drug-likeness (QED) is 0.101. The van der Waals surface area contributed by atoms with Gasteiger partial charge >= 0.3 is 17.9 Å². The highest BCUT2D eigenvalue weighted by molar-refractivity contribution is 5.86. The molecule has 0 aliphatic carbocycles. The van der Waals surface area contributed by atoms with E-state index in [9.17, 15) is 14.4 Å². The molecule has 7 heteroatoms. The van der Waals surface area contributed by atoms with Crippen molar-refractivity contribution in [3.05, 3.63) is 83.6 Å². The molecule has 0 aromatic heterocycles.